The van der Waals surface area contributed by atoms with Crippen molar-refractivity contribution in [2.75, 3.05) is 17.6 Å². The van der Waals surface area contributed by atoms with Gasteiger partial charge in [-0.3, -0.25) is 20.1 Å². The number of anilines is 2. The Morgan fingerprint density at radius 2 is 1.89 bits per heavy atom. The average molecular weight is 396 g/mol. The Hall–Kier alpha value is -3.25. The van der Waals surface area contributed by atoms with Crippen molar-refractivity contribution in [2.24, 2.45) is 5.73 Å². The number of benzene rings is 1. The van der Waals surface area contributed by atoms with Gasteiger partial charge in [0.05, 0.1) is 15.7 Å². The van der Waals surface area contributed by atoms with Gasteiger partial charge in [0.25, 0.3) is 10.1 Å². The van der Waals surface area contributed by atoms with E-state index < -0.39 is 15.0 Å². The van der Waals surface area contributed by atoms with Crippen molar-refractivity contribution in [1.29, 1.82) is 5.41 Å². The van der Waals surface area contributed by atoms with Crippen LogP contribution in [-0.4, -0.2) is 35.3 Å². The standard InChI is InChI=1S/C8H12N6O2.C7H8O3S/c9-6(10)3-4-12-7-2-1-5(14(15)16)8(11)13-7;1-6-2-4-7(5-3-6)11(8,9)10/h1-2H,3-4H2,(H3,9,10)(H3,11,12,13);2-5H,1H3,(H,8,9,10). The summed E-state index contributed by atoms with van der Waals surface area (Å²) in [6.07, 6.45) is 0.374. The highest BCUT2D eigenvalue weighted by atomic mass is 32.2. The van der Waals surface area contributed by atoms with Crippen molar-refractivity contribution < 1.29 is 17.9 Å². The van der Waals surface area contributed by atoms with Gasteiger partial charge in [-0.25, -0.2) is 4.98 Å². The van der Waals surface area contributed by atoms with E-state index in [0.717, 1.165) is 5.56 Å². The van der Waals surface area contributed by atoms with Crippen LogP contribution in [0.2, 0.25) is 0 Å². The molecule has 0 aliphatic rings. The van der Waals surface area contributed by atoms with Gasteiger partial charge in [0.2, 0.25) is 5.82 Å². The third-order valence-corrected chi connectivity index (χ3v) is 3.99. The van der Waals surface area contributed by atoms with Crippen LogP contribution in [0, 0.1) is 22.4 Å². The molecule has 0 atom stereocenters. The van der Waals surface area contributed by atoms with E-state index >= 15 is 0 Å². The van der Waals surface area contributed by atoms with Crippen LogP contribution in [-0.2, 0) is 10.1 Å². The van der Waals surface area contributed by atoms with E-state index in [1.807, 2.05) is 6.92 Å². The zero-order valence-electron chi connectivity index (χ0n) is 14.4. The van der Waals surface area contributed by atoms with Crippen LogP contribution in [0.25, 0.3) is 0 Å². The van der Waals surface area contributed by atoms with Crippen LogP contribution in [0.1, 0.15) is 12.0 Å². The van der Waals surface area contributed by atoms with Gasteiger partial charge in [-0.2, -0.15) is 8.42 Å². The highest BCUT2D eigenvalue weighted by Crippen LogP contribution is 2.20. The van der Waals surface area contributed by atoms with Gasteiger partial charge in [0, 0.05) is 19.0 Å². The van der Waals surface area contributed by atoms with Crippen molar-refractivity contribution in [1.82, 2.24) is 4.98 Å². The summed E-state index contributed by atoms with van der Waals surface area (Å²) in [7, 11) is -4.02. The third kappa shape index (κ3) is 7.66. The second-order valence-corrected chi connectivity index (χ2v) is 6.77. The first-order chi connectivity index (χ1) is 12.5. The smallest absolute Gasteiger partial charge is 0.311 e. The molecule has 0 spiro atoms. The number of nitrogens with one attached hydrogen (secondary N) is 2. The molecule has 146 valence electrons. The lowest BCUT2D eigenvalue weighted by Crippen LogP contribution is -2.15. The van der Waals surface area contributed by atoms with Gasteiger partial charge in [-0.05, 0) is 25.1 Å². The molecule has 0 aliphatic carbocycles. The average Bonchev–Trinajstić information content (AvgIpc) is 2.54. The van der Waals surface area contributed by atoms with Gasteiger partial charge in [0.15, 0.2) is 0 Å². The Labute approximate surface area is 155 Å². The first-order valence-corrected chi connectivity index (χ1v) is 8.96. The molecule has 7 N–H and O–H groups in total. The molecular formula is C15H20N6O5S. The largest absolute Gasteiger partial charge is 0.388 e. The molecule has 27 heavy (non-hydrogen) atoms. The molecule has 2 aromatic rings. The van der Waals surface area contributed by atoms with E-state index in [-0.39, 0.29) is 22.2 Å². The lowest BCUT2D eigenvalue weighted by Gasteiger charge is -2.05. The summed E-state index contributed by atoms with van der Waals surface area (Å²) in [5, 5.41) is 20.3. The Kier molecular flexibility index (Phi) is 7.63. The molecule has 0 fully saturated rings. The number of nitrogens with zero attached hydrogens (tertiary/aromatic N) is 2. The number of nitro groups is 1. The number of aryl methyl sites for hydroxylation is 1. The van der Waals surface area contributed by atoms with Crippen molar-refractivity contribution in [3.63, 3.8) is 0 Å². The highest BCUT2D eigenvalue weighted by molar-refractivity contribution is 7.85. The zero-order chi connectivity index (χ0) is 20.6. The van der Waals surface area contributed by atoms with Gasteiger partial charge >= 0.3 is 5.69 Å². The molecule has 0 amide bonds. The topological polar surface area (TPSA) is 198 Å². The quantitative estimate of drug-likeness (QED) is 0.158. The molecule has 11 nitrogen and oxygen atoms in total. The second kappa shape index (κ2) is 9.45. The number of hydrogen-bond acceptors (Lipinski definition) is 8. The van der Waals surface area contributed by atoms with Gasteiger partial charge in [-0.15, -0.1) is 0 Å². The molecule has 2 rings (SSSR count). The number of amidine groups is 1. The fraction of sp³-hybridized carbons (Fsp3) is 0.200. The van der Waals surface area contributed by atoms with Crippen LogP contribution in [0.3, 0.4) is 0 Å². The molecule has 0 saturated heterocycles. The minimum absolute atomic E-state index is 0.0578. The zero-order valence-corrected chi connectivity index (χ0v) is 15.2. The van der Waals surface area contributed by atoms with Gasteiger partial charge < -0.3 is 16.8 Å². The van der Waals surface area contributed by atoms with Crippen LogP contribution in [0.5, 0.6) is 0 Å². The number of rotatable bonds is 6. The molecule has 1 aromatic carbocycles. The predicted octanol–water partition coefficient (Wildman–Crippen LogP) is 1.55. The summed E-state index contributed by atoms with van der Waals surface area (Å²) in [5.74, 6) is 0.338. The maximum absolute atomic E-state index is 10.5. The Morgan fingerprint density at radius 1 is 1.30 bits per heavy atom. The Morgan fingerprint density at radius 3 is 2.33 bits per heavy atom. The molecule has 0 aliphatic heterocycles. The number of pyridine rings is 1. The second-order valence-electron chi connectivity index (χ2n) is 5.35. The molecule has 12 heteroatoms. The number of nitrogen functional groups attached to an aromatic ring is 1. The SMILES string of the molecule is Cc1ccc(S(=O)(=O)O)cc1.N=C(N)CCNc1ccc([N+](=O)[O-])c(N)n1. The van der Waals surface area contributed by atoms with E-state index in [1.165, 1.54) is 24.3 Å². The molecule has 0 radical (unpaired) electrons. The van der Waals surface area contributed by atoms with E-state index in [4.69, 9.17) is 21.4 Å². The molecule has 0 saturated carbocycles. The van der Waals surface area contributed by atoms with Gasteiger partial charge in [0.1, 0.15) is 5.82 Å². The summed E-state index contributed by atoms with van der Waals surface area (Å²) < 4.78 is 29.6. The first kappa shape index (κ1) is 21.8. The summed E-state index contributed by atoms with van der Waals surface area (Å²) in [5.41, 5.74) is 11.3. The summed E-state index contributed by atoms with van der Waals surface area (Å²) in [4.78, 5) is 13.6. The van der Waals surface area contributed by atoms with Crippen molar-refractivity contribution in [3.05, 3.63) is 52.1 Å². The van der Waals surface area contributed by atoms with Crippen molar-refractivity contribution in [2.45, 2.75) is 18.2 Å². The first-order valence-electron chi connectivity index (χ1n) is 7.52. The lowest BCUT2D eigenvalue weighted by molar-refractivity contribution is -0.384. The van der Waals surface area contributed by atoms with E-state index in [9.17, 15) is 18.5 Å². The van der Waals surface area contributed by atoms with Crippen LogP contribution < -0.4 is 16.8 Å². The van der Waals surface area contributed by atoms with Gasteiger partial charge in [-0.1, -0.05) is 17.7 Å². The van der Waals surface area contributed by atoms with Crippen molar-refractivity contribution >= 4 is 33.3 Å². The van der Waals surface area contributed by atoms with E-state index in [2.05, 4.69) is 10.3 Å². The minimum atomic E-state index is -4.02. The monoisotopic (exact) mass is 396 g/mol. The van der Waals surface area contributed by atoms with Crippen LogP contribution in [0.4, 0.5) is 17.3 Å². The number of aromatic nitrogens is 1. The Balaban J connectivity index is 0.000000289. The lowest BCUT2D eigenvalue weighted by atomic mass is 10.2. The molecular weight excluding hydrogens is 376 g/mol. The number of nitrogens with two attached hydrogens (primary N) is 2. The van der Waals surface area contributed by atoms with Crippen LogP contribution in [0.15, 0.2) is 41.3 Å². The summed E-state index contributed by atoms with van der Waals surface area (Å²) in [6.45, 7) is 2.27. The third-order valence-electron chi connectivity index (χ3n) is 3.12. The maximum atomic E-state index is 10.5. The molecule has 1 heterocycles. The minimum Gasteiger partial charge on any atom is -0.388 e. The highest BCUT2D eigenvalue weighted by Gasteiger charge is 2.12. The number of hydrogen-bond donors (Lipinski definition) is 5. The van der Waals surface area contributed by atoms with Crippen molar-refractivity contribution in [3.8, 4) is 0 Å². The summed E-state index contributed by atoms with van der Waals surface area (Å²) in [6, 6.07) is 8.72. The fourth-order valence-electron chi connectivity index (χ4n) is 1.76. The Bertz CT molecular complexity index is 915. The predicted molar refractivity (Wildman–Crippen MR) is 101 cm³/mol. The normalized spacial score (nSPS) is 10.4. The fourth-order valence-corrected chi connectivity index (χ4v) is 2.24. The maximum Gasteiger partial charge on any atom is 0.311 e. The van der Waals surface area contributed by atoms with Crippen LogP contribution >= 0.6 is 0 Å². The molecule has 0 unspecified atom stereocenters. The molecule has 1 aromatic heterocycles. The van der Waals surface area contributed by atoms with E-state index in [1.54, 1.807) is 12.1 Å². The summed E-state index contributed by atoms with van der Waals surface area (Å²) >= 11 is 0. The van der Waals surface area contributed by atoms with E-state index in [0.29, 0.717) is 18.8 Å². The molecule has 0 bridgehead atoms.